The monoisotopic (exact) mass is 362 g/mol. The van der Waals surface area contributed by atoms with Gasteiger partial charge < -0.3 is 5.11 Å². The van der Waals surface area contributed by atoms with Crippen LogP contribution >= 0.6 is 0 Å². The Morgan fingerprint density at radius 1 is 1.23 bits per heavy atom. The molecule has 1 aliphatic rings. The van der Waals surface area contributed by atoms with Crippen molar-refractivity contribution in [1.29, 1.82) is 0 Å². The topological polar surface area (TPSA) is 71.4 Å². The highest BCUT2D eigenvalue weighted by atomic mass is 16.4. The standard InChI is InChI=1S/C22H34O4/c1-4-5-16-22(2,3)20(24)15-13-17-12-14-19(23)18(17)10-8-6-7-9-11-21(25)26/h6,8,13,15,17-18H,4-5,7,9-12,14,16H2,1-3H3,(H,25,26). The number of rotatable bonds is 12. The van der Waals surface area contributed by atoms with Crippen LogP contribution in [-0.4, -0.2) is 22.6 Å². The lowest BCUT2D eigenvalue weighted by Gasteiger charge is -2.21. The summed E-state index contributed by atoms with van der Waals surface area (Å²) in [6.45, 7) is 6.11. The zero-order chi connectivity index (χ0) is 19.6. The Hall–Kier alpha value is -1.71. The summed E-state index contributed by atoms with van der Waals surface area (Å²) in [5.74, 6) is -0.271. The van der Waals surface area contributed by atoms with Crippen LogP contribution in [0.4, 0.5) is 0 Å². The number of allylic oxidation sites excluding steroid dienone is 4. The zero-order valence-electron chi connectivity index (χ0n) is 16.5. The van der Waals surface area contributed by atoms with Crippen LogP contribution in [0.15, 0.2) is 24.3 Å². The van der Waals surface area contributed by atoms with Crippen LogP contribution in [-0.2, 0) is 14.4 Å². The Bertz CT molecular complexity index is 542. The van der Waals surface area contributed by atoms with Gasteiger partial charge in [-0.15, -0.1) is 0 Å². The molecule has 0 aromatic heterocycles. The lowest BCUT2D eigenvalue weighted by molar-refractivity contribution is -0.137. The maximum absolute atomic E-state index is 12.5. The van der Waals surface area contributed by atoms with Gasteiger partial charge >= 0.3 is 5.97 Å². The summed E-state index contributed by atoms with van der Waals surface area (Å²) in [7, 11) is 0. The second kappa shape index (κ2) is 11.1. The lowest BCUT2D eigenvalue weighted by Crippen LogP contribution is -2.22. The first kappa shape index (κ1) is 22.3. The fraction of sp³-hybridized carbons (Fsp3) is 0.682. The molecule has 0 amide bonds. The van der Waals surface area contributed by atoms with E-state index in [2.05, 4.69) is 6.92 Å². The van der Waals surface area contributed by atoms with Gasteiger partial charge in [-0.05, 0) is 44.1 Å². The van der Waals surface area contributed by atoms with Gasteiger partial charge in [0.25, 0.3) is 0 Å². The van der Waals surface area contributed by atoms with Gasteiger partial charge in [0.05, 0.1) is 0 Å². The fourth-order valence-corrected chi connectivity index (χ4v) is 3.38. The molecule has 146 valence electrons. The van der Waals surface area contributed by atoms with Crippen LogP contribution in [0.5, 0.6) is 0 Å². The van der Waals surface area contributed by atoms with E-state index < -0.39 is 5.97 Å². The highest BCUT2D eigenvalue weighted by molar-refractivity contribution is 5.94. The summed E-state index contributed by atoms with van der Waals surface area (Å²) < 4.78 is 0. The van der Waals surface area contributed by atoms with E-state index in [0.29, 0.717) is 19.3 Å². The summed E-state index contributed by atoms with van der Waals surface area (Å²) in [6, 6.07) is 0. The van der Waals surface area contributed by atoms with Crippen molar-refractivity contribution >= 4 is 17.5 Å². The number of unbranched alkanes of at least 4 members (excludes halogenated alkanes) is 2. The maximum atomic E-state index is 12.5. The number of carboxylic acid groups (broad SMARTS) is 1. The highest BCUT2D eigenvalue weighted by Crippen LogP contribution is 2.33. The Morgan fingerprint density at radius 3 is 2.62 bits per heavy atom. The van der Waals surface area contributed by atoms with Crippen molar-refractivity contribution in [2.75, 3.05) is 0 Å². The molecule has 4 nitrogen and oxygen atoms in total. The molecular formula is C22H34O4. The second-order valence-corrected chi connectivity index (χ2v) is 7.98. The average Bonchev–Trinajstić information content (AvgIpc) is 2.93. The SMILES string of the molecule is CCCCC(C)(C)C(=O)C=CC1CCC(=O)C1CC=CCCCC(=O)O. The lowest BCUT2D eigenvalue weighted by atomic mass is 9.82. The van der Waals surface area contributed by atoms with Gasteiger partial charge in [-0.1, -0.05) is 51.8 Å². The summed E-state index contributed by atoms with van der Waals surface area (Å²) in [4.78, 5) is 35.1. The molecule has 1 rings (SSSR count). The number of aliphatic carboxylic acids is 1. The highest BCUT2D eigenvalue weighted by Gasteiger charge is 2.32. The van der Waals surface area contributed by atoms with Crippen LogP contribution in [0.3, 0.4) is 0 Å². The van der Waals surface area contributed by atoms with Gasteiger partial charge in [-0.2, -0.15) is 0 Å². The molecule has 1 N–H and O–H groups in total. The second-order valence-electron chi connectivity index (χ2n) is 7.98. The van der Waals surface area contributed by atoms with Gasteiger partial charge in [0, 0.05) is 24.2 Å². The molecule has 0 aliphatic heterocycles. The molecule has 1 fully saturated rings. The first-order chi connectivity index (χ1) is 12.3. The third-order valence-electron chi connectivity index (χ3n) is 5.29. The molecular weight excluding hydrogens is 328 g/mol. The molecule has 2 unspecified atom stereocenters. The molecule has 1 saturated carbocycles. The van der Waals surface area contributed by atoms with Crippen molar-refractivity contribution in [3.63, 3.8) is 0 Å². The van der Waals surface area contributed by atoms with E-state index in [9.17, 15) is 14.4 Å². The third-order valence-corrected chi connectivity index (χ3v) is 5.29. The first-order valence-corrected chi connectivity index (χ1v) is 9.90. The van der Waals surface area contributed by atoms with Crippen molar-refractivity contribution in [1.82, 2.24) is 0 Å². The minimum Gasteiger partial charge on any atom is -0.481 e. The molecule has 2 atom stereocenters. The van der Waals surface area contributed by atoms with Gasteiger partial charge in [0.1, 0.15) is 5.78 Å². The molecule has 0 aromatic rings. The minimum atomic E-state index is -0.777. The maximum Gasteiger partial charge on any atom is 0.303 e. The van der Waals surface area contributed by atoms with Crippen molar-refractivity contribution < 1.29 is 19.5 Å². The molecule has 0 heterocycles. The van der Waals surface area contributed by atoms with E-state index in [4.69, 9.17) is 5.11 Å². The predicted molar refractivity (Wildman–Crippen MR) is 104 cm³/mol. The smallest absolute Gasteiger partial charge is 0.303 e. The quantitative estimate of drug-likeness (QED) is 0.297. The van der Waals surface area contributed by atoms with Gasteiger partial charge in [0.2, 0.25) is 0 Å². The summed E-state index contributed by atoms with van der Waals surface area (Å²) >= 11 is 0. The van der Waals surface area contributed by atoms with Crippen molar-refractivity contribution in [2.24, 2.45) is 17.3 Å². The Balaban J connectivity index is 2.54. The third kappa shape index (κ3) is 7.67. The van der Waals surface area contributed by atoms with E-state index in [1.807, 2.05) is 32.1 Å². The summed E-state index contributed by atoms with van der Waals surface area (Å²) in [6.07, 6.45) is 14.2. The Morgan fingerprint density at radius 2 is 1.96 bits per heavy atom. The Kier molecular flexibility index (Phi) is 9.53. The van der Waals surface area contributed by atoms with Crippen LogP contribution in [0.1, 0.15) is 78.6 Å². The number of carbonyl (C=O) groups is 3. The molecule has 0 spiro atoms. The molecule has 1 aliphatic carbocycles. The van der Waals surface area contributed by atoms with Crippen LogP contribution < -0.4 is 0 Å². The zero-order valence-corrected chi connectivity index (χ0v) is 16.5. The predicted octanol–water partition coefficient (Wildman–Crippen LogP) is 5.12. The number of ketones is 2. The van der Waals surface area contributed by atoms with E-state index in [1.54, 1.807) is 6.08 Å². The fourth-order valence-electron chi connectivity index (χ4n) is 3.38. The molecule has 0 radical (unpaired) electrons. The normalized spacial score (nSPS) is 21.1. The largest absolute Gasteiger partial charge is 0.481 e. The molecule has 0 aromatic carbocycles. The van der Waals surface area contributed by atoms with Gasteiger partial charge in [-0.3, -0.25) is 14.4 Å². The first-order valence-electron chi connectivity index (χ1n) is 9.90. The number of carbonyl (C=O) groups excluding carboxylic acids is 2. The number of Topliss-reactive ketones (excluding diaryl/α,β-unsaturated/α-hetero) is 1. The van der Waals surface area contributed by atoms with Crippen molar-refractivity contribution in [3.05, 3.63) is 24.3 Å². The van der Waals surface area contributed by atoms with Crippen molar-refractivity contribution in [3.8, 4) is 0 Å². The summed E-state index contributed by atoms with van der Waals surface area (Å²) in [5, 5.41) is 8.62. The van der Waals surface area contributed by atoms with Crippen LogP contribution in [0.2, 0.25) is 0 Å². The molecule has 4 heteroatoms. The van der Waals surface area contributed by atoms with E-state index >= 15 is 0 Å². The van der Waals surface area contributed by atoms with E-state index in [1.165, 1.54) is 0 Å². The average molecular weight is 363 g/mol. The summed E-state index contributed by atoms with van der Waals surface area (Å²) in [5.41, 5.74) is -0.339. The molecule has 26 heavy (non-hydrogen) atoms. The van der Waals surface area contributed by atoms with Crippen molar-refractivity contribution in [2.45, 2.75) is 78.6 Å². The van der Waals surface area contributed by atoms with Crippen LogP contribution in [0, 0.1) is 17.3 Å². The van der Waals surface area contributed by atoms with Gasteiger partial charge in [-0.25, -0.2) is 0 Å². The number of carboxylic acids is 1. The minimum absolute atomic E-state index is 0.0477. The Labute approximate surface area is 157 Å². The number of hydrogen-bond acceptors (Lipinski definition) is 3. The van der Waals surface area contributed by atoms with E-state index in [0.717, 1.165) is 32.1 Å². The molecule has 0 bridgehead atoms. The number of hydrogen-bond donors (Lipinski definition) is 1. The molecule has 0 saturated heterocycles. The van der Waals surface area contributed by atoms with Gasteiger partial charge in [0.15, 0.2) is 5.78 Å². The van der Waals surface area contributed by atoms with Crippen LogP contribution in [0.25, 0.3) is 0 Å². The van der Waals surface area contributed by atoms with E-state index in [-0.39, 0.29) is 35.2 Å².